The maximum absolute atomic E-state index is 12.7. The number of carbonyl (C=O) groups is 2. The molecular formula is C19H28N4O3. The minimum absolute atomic E-state index is 0.196. The zero-order valence-corrected chi connectivity index (χ0v) is 15.5. The van der Waals surface area contributed by atoms with Crippen LogP contribution in [0.5, 0.6) is 0 Å². The molecule has 26 heavy (non-hydrogen) atoms. The van der Waals surface area contributed by atoms with Gasteiger partial charge < -0.3 is 14.4 Å². The number of nitrogens with zero attached hydrogens (tertiary/aromatic N) is 4. The molecule has 0 N–H and O–H groups in total. The zero-order valence-electron chi connectivity index (χ0n) is 15.5. The van der Waals surface area contributed by atoms with Gasteiger partial charge in [-0.15, -0.1) is 0 Å². The number of hydrogen-bond acceptors (Lipinski definition) is 4. The summed E-state index contributed by atoms with van der Waals surface area (Å²) in [5, 5.41) is 0. The van der Waals surface area contributed by atoms with Crippen molar-refractivity contribution in [1.29, 1.82) is 0 Å². The van der Waals surface area contributed by atoms with E-state index in [1.54, 1.807) is 30.3 Å². The molecule has 0 spiro atoms. The first-order chi connectivity index (χ1) is 12.6. The van der Waals surface area contributed by atoms with Crippen LogP contribution in [0.15, 0.2) is 23.1 Å². The van der Waals surface area contributed by atoms with Crippen molar-refractivity contribution in [2.45, 2.75) is 25.7 Å². The molecule has 142 valence electrons. The van der Waals surface area contributed by atoms with Crippen molar-refractivity contribution in [1.82, 2.24) is 19.3 Å². The molecule has 0 atom stereocenters. The largest absolute Gasteiger partial charge is 0.342 e. The summed E-state index contributed by atoms with van der Waals surface area (Å²) in [6, 6.07) is 3.31. The highest BCUT2D eigenvalue weighted by Crippen LogP contribution is 2.11. The van der Waals surface area contributed by atoms with Gasteiger partial charge in [-0.05, 0) is 37.8 Å². The lowest BCUT2D eigenvalue weighted by Gasteiger charge is -2.29. The lowest BCUT2D eigenvalue weighted by Crippen LogP contribution is -2.44. The summed E-state index contributed by atoms with van der Waals surface area (Å²) in [5.41, 5.74) is -0.0493. The number of carbonyl (C=O) groups excluding carboxylic acids is 2. The molecule has 2 aliphatic rings. The summed E-state index contributed by atoms with van der Waals surface area (Å²) < 4.78 is 1.43. The molecule has 0 radical (unpaired) electrons. The second-order valence-electron chi connectivity index (χ2n) is 7.20. The van der Waals surface area contributed by atoms with Crippen LogP contribution >= 0.6 is 0 Å². The molecule has 0 unspecified atom stereocenters. The summed E-state index contributed by atoms with van der Waals surface area (Å²) in [5.74, 6) is -0.0168. The third kappa shape index (κ3) is 4.33. The number of aryl methyl sites for hydroxylation is 1. The van der Waals surface area contributed by atoms with Gasteiger partial charge >= 0.3 is 0 Å². The first-order valence-electron chi connectivity index (χ1n) is 9.51. The van der Waals surface area contributed by atoms with E-state index >= 15 is 0 Å². The van der Waals surface area contributed by atoms with E-state index in [9.17, 15) is 14.4 Å². The van der Waals surface area contributed by atoms with Crippen LogP contribution in [0.2, 0.25) is 0 Å². The van der Waals surface area contributed by atoms with E-state index in [0.29, 0.717) is 26.2 Å². The molecule has 2 saturated heterocycles. The van der Waals surface area contributed by atoms with Gasteiger partial charge in [0.25, 0.3) is 11.5 Å². The molecule has 3 rings (SSSR count). The molecule has 1 aromatic rings. The highest BCUT2D eigenvalue weighted by atomic mass is 16.2. The average molecular weight is 360 g/mol. The van der Waals surface area contributed by atoms with Crippen molar-refractivity contribution in [3.8, 4) is 0 Å². The predicted octanol–water partition coefficient (Wildman–Crippen LogP) is 0.546. The number of hydrogen-bond donors (Lipinski definition) is 0. The van der Waals surface area contributed by atoms with Gasteiger partial charge in [-0.3, -0.25) is 19.3 Å². The van der Waals surface area contributed by atoms with Crippen LogP contribution in [0.3, 0.4) is 0 Å². The normalized spacial score (nSPS) is 19.3. The quantitative estimate of drug-likeness (QED) is 0.789. The Kier molecular flexibility index (Phi) is 6.08. The molecule has 1 aromatic heterocycles. The number of rotatable bonds is 3. The lowest BCUT2D eigenvalue weighted by molar-refractivity contribution is -0.133. The fourth-order valence-corrected chi connectivity index (χ4v) is 3.70. The van der Waals surface area contributed by atoms with Gasteiger partial charge in [0.05, 0.1) is 6.54 Å². The second-order valence-corrected chi connectivity index (χ2v) is 7.20. The Morgan fingerprint density at radius 2 is 1.65 bits per heavy atom. The van der Waals surface area contributed by atoms with Gasteiger partial charge in [-0.1, -0.05) is 0 Å². The van der Waals surface area contributed by atoms with Gasteiger partial charge in [-0.25, -0.2) is 0 Å². The number of likely N-dealkylation sites (tertiary alicyclic amines) is 1. The Balaban J connectivity index is 1.57. The summed E-state index contributed by atoms with van der Waals surface area (Å²) in [6.45, 7) is 4.79. The van der Waals surface area contributed by atoms with Gasteiger partial charge in [0, 0.05) is 52.5 Å². The van der Waals surface area contributed by atoms with Crippen LogP contribution in [-0.4, -0.2) is 76.9 Å². The van der Waals surface area contributed by atoms with Crippen molar-refractivity contribution in [3.05, 3.63) is 34.2 Å². The number of pyridine rings is 1. The Hall–Kier alpha value is -2.15. The predicted molar refractivity (Wildman–Crippen MR) is 99.1 cm³/mol. The molecule has 3 heterocycles. The Morgan fingerprint density at radius 1 is 0.923 bits per heavy atom. The average Bonchev–Trinajstić information content (AvgIpc) is 2.90. The third-order valence-corrected chi connectivity index (χ3v) is 5.30. The van der Waals surface area contributed by atoms with Gasteiger partial charge in [0.15, 0.2) is 0 Å². The third-order valence-electron chi connectivity index (χ3n) is 5.30. The van der Waals surface area contributed by atoms with E-state index in [1.165, 1.54) is 11.0 Å². The van der Waals surface area contributed by atoms with E-state index in [0.717, 1.165) is 38.9 Å². The molecule has 0 bridgehead atoms. The standard InChI is InChI=1S/C19H28N4O3/c1-20-8-5-7-16(18(20)25)19(26)23-12-6-9-21(13-14-23)15-17(24)22-10-3-2-4-11-22/h5,7-8H,2-4,6,9-15H2,1H3. The maximum Gasteiger partial charge on any atom is 0.263 e. The number of aromatic nitrogens is 1. The summed E-state index contributed by atoms with van der Waals surface area (Å²) in [6.07, 6.45) is 5.87. The molecule has 0 aliphatic carbocycles. The Morgan fingerprint density at radius 3 is 2.42 bits per heavy atom. The van der Waals surface area contributed by atoms with Crippen LogP contribution < -0.4 is 5.56 Å². The van der Waals surface area contributed by atoms with Crippen LogP contribution in [-0.2, 0) is 11.8 Å². The number of piperidine rings is 1. The SMILES string of the molecule is Cn1cccc(C(=O)N2CCCN(CC(=O)N3CCCCC3)CC2)c1=O. The highest BCUT2D eigenvalue weighted by Gasteiger charge is 2.25. The first kappa shape index (κ1) is 18.6. The minimum Gasteiger partial charge on any atom is -0.342 e. The molecule has 2 amide bonds. The topological polar surface area (TPSA) is 65.9 Å². The van der Waals surface area contributed by atoms with Crippen molar-refractivity contribution < 1.29 is 9.59 Å². The smallest absolute Gasteiger partial charge is 0.263 e. The minimum atomic E-state index is -0.265. The molecule has 7 heteroatoms. The summed E-state index contributed by atoms with van der Waals surface area (Å²) >= 11 is 0. The molecule has 0 saturated carbocycles. The Bertz CT molecular complexity index is 709. The monoisotopic (exact) mass is 360 g/mol. The maximum atomic E-state index is 12.7. The summed E-state index contributed by atoms with van der Waals surface area (Å²) in [7, 11) is 1.65. The fraction of sp³-hybridized carbons (Fsp3) is 0.632. The van der Waals surface area contributed by atoms with Crippen molar-refractivity contribution in [3.63, 3.8) is 0 Å². The molecule has 2 fully saturated rings. The van der Waals surface area contributed by atoms with E-state index < -0.39 is 0 Å². The van der Waals surface area contributed by atoms with Gasteiger partial charge in [0.1, 0.15) is 5.56 Å². The van der Waals surface area contributed by atoms with E-state index in [1.807, 2.05) is 4.90 Å². The van der Waals surface area contributed by atoms with Crippen molar-refractivity contribution in [2.24, 2.45) is 7.05 Å². The molecule has 2 aliphatic heterocycles. The lowest BCUT2D eigenvalue weighted by atomic mass is 10.1. The summed E-state index contributed by atoms with van der Waals surface area (Å²) in [4.78, 5) is 43.2. The second kappa shape index (κ2) is 8.49. The van der Waals surface area contributed by atoms with Gasteiger partial charge in [0.2, 0.25) is 5.91 Å². The van der Waals surface area contributed by atoms with E-state index in [-0.39, 0.29) is 22.9 Å². The van der Waals surface area contributed by atoms with Crippen LogP contribution in [0, 0.1) is 0 Å². The Labute approximate surface area is 154 Å². The van der Waals surface area contributed by atoms with Gasteiger partial charge in [-0.2, -0.15) is 0 Å². The van der Waals surface area contributed by atoms with Crippen LogP contribution in [0.4, 0.5) is 0 Å². The van der Waals surface area contributed by atoms with Crippen molar-refractivity contribution >= 4 is 11.8 Å². The van der Waals surface area contributed by atoms with Crippen molar-refractivity contribution in [2.75, 3.05) is 45.8 Å². The first-order valence-corrected chi connectivity index (χ1v) is 9.51. The van der Waals surface area contributed by atoms with E-state index in [2.05, 4.69) is 4.90 Å². The highest BCUT2D eigenvalue weighted by molar-refractivity contribution is 5.93. The van der Waals surface area contributed by atoms with E-state index in [4.69, 9.17) is 0 Å². The zero-order chi connectivity index (χ0) is 18.5. The van der Waals surface area contributed by atoms with Crippen LogP contribution in [0.25, 0.3) is 0 Å². The van der Waals surface area contributed by atoms with Crippen LogP contribution in [0.1, 0.15) is 36.0 Å². The number of amides is 2. The molecule has 7 nitrogen and oxygen atoms in total. The fourth-order valence-electron chi connectivity index (χ4n) is 3.70. The molecule has 0 aromatic carbocycles. The molecular weight excluding hydrogens is 332 g/mol.